The third-order valence-electron chi connectivity index (χ3n) is 2.73. The van der Waals surface area contributed by atoms with Gasteiger partial charge in [-0.3, -0.25) is 0 Å². The van der Waals surface area contributed by atoms with Gasteiger partial charge in [0.05, 0.1) is 18.6 Å². The smallest absolute Gasteiger partial charge is 0.240 e. The molecule has 0 aliphatic carbocycles. The van der Waals surface area contributed by atoms with Crippen molar-refractivity contribution in [2.45, 2.75) is 23.1 Å². The van der Waals surface area contributed by atoms with Crippen LogP contribution in [-0.4, -0.2) is 44.8 Å². The Balaban J connectivity index is 2.91. The summed E-state index contributed by atoms with van der Waals surface area (Å²) in [6.45, 7) is 1.65. The Morgan fingerprint density at radius 2 is 2.16 bits per heavy atom. The number of ether oxygens (including phenoxy) is 1. The van der Waals surface area contributed by atoms with Gasteiger partial charge < -0.3 is 9.84 Å². The Morgan fingerprint density at radius 1 is 1.47 bits per heavy atom. The van der Waals surface area contributed by atoms with E-state index in [4.69, 9.17) is 4.74 Å². The van der Waals surface area contributed by atoms with Crippen LogP contribution in [-0.2, 0) is 10.0 Å². The van der Waals surface area contributed by atoms with Crippen molar-refractivity contribution in [3.63, 3.8) is 0 Å². The third kappa shape index (κ3) is 4.38. The largest absolute Gasteiger partial charge is 0.497 e. The Bertz CT molecular complexity index is 500. The Kier molecular flexibility index (Phi) is 6.12. The first kappa shape index (κ1) is 16.3. The lowest BCUT2D eigenvalue weighted by atomic mass is 10.3. The van der Waals surface area contributed by atoms with Crippen LogP contribution in [0.1, 0.15) is 6.92 Å². The lowest BCUT2D eigenvalue weighted by Crippen LogP contribution is -2.41. The van der Waals surface area contributed by atoms with Gasteiger partial charge in [0.15, 0.2) is 0 Å². The summed E-state index contributed by atoms with van der Waals surface area (Å²) in [5.74, 6) is 0.485. The molecule has 0 radical (unpaired) electrons. The van der Waals surface area contributed by atoms with Crippen molar-refractivity contribution < 1.29 is 18.3 Å². The molecule has 19 heavy (non-hydrogen) atoms. The third-order valence-corrected chi connectivity index (χ3v) is 5.45. The van der Waals surface area contributed by atoms with E-state index < -0.39 is 10.0 Å². The van der Waals surface area contributed by atoms with Crippen molar-refractivity contribution in [3.8, 4) is 5.75 Å². The minimum atomic E-state index is -3.61. The van der Waals surface area contributed by atoms with Gasteiger partial charge in [0.25, 0.3) is 0 Å². The molecule has 0 bridgehead atoms. The van der Waals surface area contributed by atoms with Crippen LogP contribution in [0.5, 0.6) is 5.75 Å². The molecule has 2 unspecified atom stereocenters. The number of benzene rings is 1. The number of sulfonamides is 1. The second-order valence-corrected chi connectivity index (χ2v) is 6.84. The van der Waals surface area contributed by atoms with Gasteiger partial charge in [-0.1, -0.05) is 6.07 Å². The zero-order valence-corrected chi connectivity index (χ0v) is 12.8. The summed E-state index contributed by atoms with van der Waals surface area (Å²) < 4.78 is 31.9. The first-order chi connectivity index (χ1) is 8.94. The second kappa shape index (κ2) is 7.14. The number of rotatable bonds is 7. The van der Waals surface area contributed by atoms with Gasteiger partial charge >= 0.3 is 0 Å². The number of hydrogen-bond donors (Lipinski definition) is 2. The predicted octanol–water partition coefficient (Wildman–Crippen LogP) is 1.09. The van der Waals surface area contributed by atoms with Crippen LogP contribution >= 0.6 is 11.8 Å². The van der Waals surface area contributed by atoms with Crippen LogP contribution in [0.4, 0.5) is 0 Å². The Hall–Kier alpha value is -0.760. The van der Waals surface area contributed by atoms with Gasteiger partial charge in [-0.05, 0) is 25.3 Å². The molecule has 7 heteroatoms. The summed E-state index contributed by atoms with van der Waals surface area (Å²) in [4.78, 5) is 0.150. The average Bonchev–Trinajstić information content (AvgIpc) is 2.39. The van der Waals surface area contributed by atoms with E-state index in [9.17, 15) is 13.5 Å². The molecule has 0 aromatic heterocycles. The van der Waals surface area contributed by atoms with Crippen molar-refractivity contribution in [2.75, 3.05) is 20.0 Å². The summed E-state index contributed by atoms with van der Waals surface area (Å²) in [7, 11) is -2.13. The van der Waals surface area contributed by atoms with Crippen molar-refractivity contribution in [1.29, 1.82) is 0 Å². The average molecular weight is 305 g/mol. The van der Waals surface area contributed by atoms with Gasteiger partial charge in [0.2, 0.25) is 10.0 Å². The van der Waals surface area contributed by atoms with E-state index >= 15 is 0 Å². The molecule has 0 aliphatic rings. The maximum absolute atomic E-state index is 12.2. The van der Waals surface area contributed by atoms with Crippen molar-refractivity contribution in [3.05, 3.63) is 24.3 Å². The van der Waals surface area contributed by atoms with Gasteiger partial charge in [-0.15, -0.1) is 0 Å². The molecule has 0 saturated heterocycles. The monoisotopic (exact) mass is 305 g/mol. The summed E-state index contributed by atoms with van der Waals surface area (Å²) in [6, 6.07) is 5.90. The summed E-state index contributed by atoms with van der Waals surface area (Å²) >= 11 is 1.42. The van der Waals surface area contributed by atoms with Crippen LogP contribution in [0.25, 0.3) is 0 Å². The molecule has 0 amide bonds. The minimum absolute atomic E-state index is 0.0804. The fraction of sp³-hybridized carbons (Fsp3) is 0.500. The lowest BCUT2D eigenvalue weighted by Gasteiger charge is -2.21. The standard InChI is InChI=1S/C12H19NO4S2/c1-9(12(8-14)18-3)13-19(15,16)11-6-4-5-10(7-11)17-2/h4-7,9,12-14H,8H2,1-3H3. The Labute approximate surface area is 118 Å². The normalized spacial score (nSPS) is 14.9. The van der Waals surface area contributed by atoms with E-state index in [1.165, 1.54) is 31.0 Å². The highest BCUT2D eigenvalue weighted by Gasteiger charge is 2.23. The molecule has 5 nitrogen and oxygen atoms in total. The SMILES string of the molecule is COc1cccc(S(=O)(=O)NC(C)C(CO)SC)c1. The minimum Gasteiger partial charge on any atom is -0.497 e. The lowest BCUT2D eigenvalue weighted by molar-refractivity contribution is 0.282. The topological polar surface area (TPSA) is 75.6 Å². The first-order valence-corrected chi connectivity index (χ1v) is 8.51. The predicted molar refractivity (Wildman–Crippen MR) is 77.2 cm³/mol. The molecule has 0 aliphatic heterocycles. The summed E-state index contributed by atoms with van der Waals surface area (Å²) in [5.41, 5.74) is 0. The van der Waals surface area contributed by atoms with E-state index in [0.717, 1.165) is 0 Å². The quantitative estimate of drug-likeness (QED) is 0.788. The van der Waals surface area contributed by atoms with Crippen LogP contribution in [0.2, 0.25) is 0 Å². The fourth-order valence-electron chi connectivity index (χ4n) is 1.59. The van der Waals surface area contributed by atoms with E-state index in [2.05, 4.69) is 4.72 Å². The van der Waals surface area contributed by atoms with Gasteiger partial charge in [0, 0.05) is 17.4 Å². The maximum atomic E-state index is 12.2. The van der Waals surface area contributed by atoms with Crippen molar-refractivity contribution in [1.82, 2.24) is 4.72 Å². The van der Waals surface area contributed by atoms with E-state index in [0.29, 0.717) is 5.75 Å². The highest BCUT2D eigenvalue weighted by Crippen LogP contribution is 2.18. The van der Waals surface area contributed by atoms with Gasteiger partial charge in [-0.2, -0.15) is 11.8 Å². The number of aliphatic hydroxyl groups is 1. The zero-order valence-electron chi connectivity index (χ0n) is 11.2. The first-order valence-electron chi connectivity index (χ1n) is 5.74. The molecule has 0 fully saturated rings. The molecule has 108 valence electrons. The number of aliphatic hydroxyl groups excluding tert-OH is 1. The van der Waals surface area contributed by atoms with Crippen LogP contribution in [0.3, 0.4) is 0 Å². The molecule has 0 saturated carbocycles. The number of nitrogens with one attached hydrogen (secondary N) is 1. The van der Waals surface area contributed by atoms with Crippen LogP contribution in [0.15, 0.2) is 29.2 Å². The van der Waals surface area contributed by atoms with E-state index in [1.54, 1.807) is 19.1 Å². The van der Waals surface area contributed by atoms with Crippen molar-refractivity contribution in [2.24, 2.45) is 0 Å². The molecule has 2 N–H and O–H groups in total. The van der Waals surface area contributed by atoms with E-state index in [-0.39, 0.29) is 22.8 Å². The molecule has 1 rings (SSSR count). The number of hydrogen-bond acceptors (Lipinski definition) is 5. The molecular weight excluding hydrogens is 286 g/mol. The maximum Gasteiger partial charge on any atom is 0.240 e. The molecule has 0 spiro atoms. The van der Waals surface area contributed by atoms with Gasteiger partial charge in [0.1, 0.15) is 5.75 Å². The number of methoxy groups -OCH3 is 1. The molecule has 1 aromatic rings. The fourth-order valence-corrected chi connectivity index (χ4v) is 3.62. The molecule has 2 atom stereocenters. The summed E-state index contributed by atoms with van der Waals surface area (Å²) in [6.07, 6.45) is 1.83. The van der Waals surface area contributed by atoms with E-state index in [1.807, 2.05) is 6.26 Å². The van der Waals surface area contributed by atoms with Crippen LogP contribution in [0, 0.1) is 0 Å². The summed E-state index contributed by atoms with van der Waals surface area (Å²) in [5, 5.41) is 8.99. The molecule has 0 heterocycles. The molecule has 1 aromatic carbocycles. The van der Waals surface area contributed by atoms with Gasteiger partial charge in [-0.25, -0.2) is 13.1 Å². The molecular formula is C12H19NO4S2. The Morgan fingerprint density at radius 3 is 2.68 bits per heavy atom. The van der Waals surface area contributed by atoms with Crippen molar-refractivity contribution >= 4 is 21.8 Å². The highest BCUT2D eigenvalue weighted by atomic mass is 32.2. The zero-order chi connectivity index (χ0) is 14.5. The number of thioether (sulfide) groups is 1. The van der Waals surface area contributed by atoms with Crippen LogP contribution < -0.4 is 9.46 Å². The highest BCUT2D eigenvalue weighted by molar-refractivity contribution is 7.99. The second-order valence-electron chi connectivity index (χ2n) is 4.05.